The molecule has 2 aromatic heterocycles. The van der Waals surface area contributed by atoms with Crippen LogP contribution in [-0.4, -0.2) is 50.1 Å². The molecular weight excluding hydrogens is 602 g/mol. The van der Waals surface area contributed by atoms with Gasteiger partial charge in [-0.05, 0) is 60.2 Å². The first-order valence-electron chi connectivity index (χ1n) is 14.3. The van der Waals surface area contributed by atoms with E-state index in [4.69, 9.17) is 4.74 Å². The molecule has 1 atom stereocenters. The molecular formula is C31H30F6N6O2. The van der Waals surface area contributed by atoms with E-state index in [2.05, 4.69) is 32.5 Å². The van der Waals surface area contributed by atoms with Gasteiger partial charge >= 0.3 is 12.4 Å². The van der Waals surface area contributed by atoms with Gasteiger partial charge in [0.15, 0.2) is 5.54 Å². The van der Waals surface area contributed by atoms with E-state index in [1.807, 2.05) is 13.0 Å². The monoisotopic (exact) mass is 632 g/mol. The summed E-state index contributed by atoms with van der Waals surface area (Å²) in [5, 5.41) is 16.4. The molecule has 5 rings (SSSR count). The minimum Gasteiger partial charge on any atom is -0.494 e. The largest absolute Gasteiger partial charge is 0.494 e. The van der Waals surface area contributed by atoms with Crippen molar-refractivity contribution in [3.63, 3.8) is 0 Å². The molecule has 4 aromatic rings. The molecule has 0 spiro atoms. The van der Waals surface area contributed by atoms with Gasteiger partial charge in [-0.1, -0.05) is 43.8 Å². The van der Waals surface area contributed by atoms with Crippen molar-refractivity contribution >= 4 is 33.7 Å². The first kappa shape index (κ1) is 31.8. The zero-order chi connectivity index (χ0) is 32.4. The number of hydrogen-bond donors (Lipinski definition) is 2. The SMILES string of the molecule is C=C(CC)n1cc(C2=C(c3nn[nH]n3)C(=O)N[C@@](c3ccc(OCCCCCC(F)(F)F)cc3)(C(F)(F)F)C2)c2ccccc21. The Labute approximate surface area is 254 Å². The van der Waals surface area contributed by atoms with Crippen LogP contribution in [0.4, 0.5) is 26.3 Å². The van der Waals surface area contributed by atoms with Crippen LogP contribution in [0, 0.1) is 0 Å². The second-order valence-corrected chi connectivity index (χ2v) is 10.8. The minimum atomic E-state index is -4.94. The fourth-order valence-electron chi connectivity index (χ4n) is 5.52. The highest BCUT2D eigenvalue weighted by atomic mass is 19.4. The highest BCUT2D eigenvalue weighted by molar-refractivity contribution is 6.28. The van der Waals surface area contributed by atoms with Crippen molar-refractivity contribution in [2.24, 2.45) is 0 Å². The number of aromatic nitrogens is 5. The number of carbonyl (C=O) groups is 1. The summed E-state index contributed by atoms with van der Waals surface area (Å²) >= 11 is 0. The number of nitrogens with one attached hydrogen (secondary N) is 2. The van der Waals surface area contributed by atoms with Crippen LogP contribution in [-0.2, 0) is 10.3 Å². The van der Waals surface area contributed by atoms with Crippen molar-refractivity contribution in [3.05, 3.63) is 78.3 Å². The van der Waals surface area contributed by atoms with E-state index in [9.17, 15) is 18.0 Å². The molecule has 8 nitrogen and oxygen atoms in total. The van der Waals surface area contributed by atoms with Crippen LogP contribution in [0.2, 0.25) is 0 Å². The van der Waals surface area contributed by atoms with Crippen molar-refractivity contribution in [2.45, 2.75) is 63.3 Å². The number of halogens is 6. The van der Waals surface area contributed by atoms with Crippen molar-refractivity contribution in [1.82, 2.24) is 30.5 Å². The molecule has 1 aliphatic heterocycles. The normalized spacial score (nSPS) is 17.5. The average molecular weight is 633 g/mol. The van der Waals surface area contributed by atoms with Crippen molar-refractivity contribution in [2.75, 3.05) is 6.61 Å². The van der Waals surface area contributed by atoms with E-state index >= 15 is 13.2 Å². The van der Waals surface area contributed by atoms with Gasteiger partial charge in [-0.2, -0.15) is 31.6 Å². The first-order chi connectivity index (χ1) is 21.3. The Balaban J connectivity index is 1.52. The second kappa shape index (κ2) is 12.4. The third-order valence-corrected chi connectivity index (χ3v) is 7.86. The third-order valence-electron chi connectivity index (χ3n) is 7.86. The van der Waals surface area contributed by atoms with Gasteiger partial charge in [0.1, 0.15) is 5.75 Å². The number of nitrogens with zero attached hydrogens (tertiary/aromatic N) is 4. The lowest BCUT2D eigenvalue weighted by Gasteiger charge is -2.41. The number of amides is 1. The first-order valence-corrected chi connectivity index (χ1v) is 14.3. The zero-order valence-electron chi connectivity index (χ0n) is 24.2. The molecule has 3 heterocycles. The Morgan fingerprint density at radius 3 is 2.42 bits per heavy atom. The summed E-state index contributed by atoms with van der Waals surface area (Å²) in [6, 6.07) is 12.3. The summed E-state index contributed by atoms with van der Waals surface area (Å²) < 4.78 is 90.0. The minimum absolute atomic E-state index is 0.0352. The maximum absolute atomic E-state index is 15.2. The second-order valence-electron chi connectivity index (χ2n) is 10.8. The number of para-hydroxylation sites is 1. The zero-order valence-corrected chi connectivity index (χ0v) is 24.2. The molecule has 238 valence electrons. The van der Waals surface area contributed by atoms with Crippen LogP contribution in [0.15, 0.2) is 61.3 Å². The summed E-state index contributed by atoms with van der Waals surface area (Å²) in [4.78, 5) is 13.7. The Bertz CT molecular complexity index is 1710. The summed E-state index contributed by atoms with van der Waals surface area (Å²) in [7, 11) is 0. The number of carbonyl (C=O) groups excluding carboxylic acids is 1. The lowest BCUT2D eigenvalue weighted by atomic mass is 9.76. The van der Waals surface area contributed by atoms with E-state index in [-0.39, 0.29) is 41.3 Å². The quantitative estimate of drug-likeness (QED) is 0.133. The number of unbranched alkanes of at least 4 members (excludes halogenated alkanes) is 2. The number of allylic oxidation sites excluding steroid dienone is 1. The Hall–Kier alpha value is -4.62. The smallest absolute Gasteiger partial charge is 0.416 e. The van der Waals surface area contributed by atoms with Crippen LogP contribution in [0.1, 0.15) is 62.4 Å². The number of H-pyrrole nitrogens is 1. The van der Waals surface area contributed by atoms with Crippen LogP contribution in [0.25, 0.3) is 27.7 Å². The topological polar surface area (TPSA) is 97.7 Å². The van der Waals surface area contributed by atoms with Gasteiger partial charge < -0.3 is 14.6 Å². The number of hydrogen-bond acceptors (Lipinski definition) is 5. The fourth-order valence-corrected chi connectivity index (χ4v) is 5.52. The van der Waals surface area contributed by atoms with E-state index < -0.39 is 36.6 Å². The van der Waals surface area contributed by atoms with E-state index in [1.165, 1.54) is 24.3 Å². The highest BCUT2D eigenvalue weighted by Gasteiger charge is 2.60. The Morgan fingerprint density at radius 1 is 1.04 bits per heavy atom. The average Bonchev–Trinajstić information content (AvgIpc) is 3.66. The molecule has 2 aromatic carbocycles. The predicted molar refractivity (Wildman–Crippen MR) is 156 cm³/mol. The van der Waals surface area contributed by atoms with Crippen molar-refractivity contribution < 1.29 is 35.9 Å². The Kier molecular flexibility index (Phi) is 8.77. The maximum Gasteiger partial charge on any atom is 0.416 e. The number of tetrazole rings is 1. The van der Waals surface area contributed by atoms with E-state index in [0.717, 1.165) is 0 Å². The number of alkyl halides is 6. The standard InChI is InChI=1S/C31H30F6N6O2/c1-3-19(2)43-18-24(22-9-5-6-10-25(22)43)23-17-29(31(35,36)37,38-28(44)26(23)27-39-41-42-40-27)20-11-13-21(14-12-20)45-16-8-4-7-15-30(32,33)34/h5-6,9-14,18H,2-4,7-8,15-17H2,1H3,(H,38,44)(H,39,40,41,42)/t29-/m0/s1. The number of aromatic amines is 1. The van der Waals surface area contributed by atoms with Crippen molar-refractivity contribution in [3.8, 4) is 5.75 Å². The lowest BCUT2D eigenvalue weighted by Crippen LogP contribution is -2.58. The molecule has 0 bridgehead atoms. The molecule has 0 fully saturated rings. The van der Waals surface area contributed by atoms with Gasteiger partial charge in [0.25, 0.3) is 5.91 Å². The molecule has 2 N–H and O–H groups in total. The summed E-state index contributed by atoms with van der Waals surface area (Å²) in [5.74, 6) is -0.929. The van der Waals surface area contributed by atoms with Crippen molar-refractivity contribution in [1.29, 1.82) is 0 Å². The van der Waals surface area contributed by atoms with Crippen LogP contribution >= 0.6 is 0 Å². The molecule has 0 saturated heterocycles. The van der Waals surface area contributed by atoms with E-state index in [1.54, 1.807) is 29.0 Å². The van der Waals surface area contributed by atoms with Gasteiger partial charge in [-0.25, -0.2) is 0 Å². The van der Waals surface area contributed by atoms with Crippen LogP contribution < -0.4 is 10.1 Å². The summed E-state index contributed by atoms with van der Waals surface area (Å²) in [6.07, 6.45) is -7.87. The van der Waals surface area contributed by atoms with Crippen LogP contribution in [0.3, 0.4) is 0 Å². The molecule has 0 unspecified atom stereocenters. The molecule has 14 heteroatoms. The molecule has 0 radical (unpaired) electrons. The molecule has 0 aliphatic carbocycles. The van der Waals surface area contributed by atoms with Gasteiger partial charge in [0, 0.05) is 35.7 Å². The van der Waals surface area contributed by atoms with Crippen LogP contribution in [0.5, 0.6) is 5.75 Å². The highest BCUT2D eigenvalue weighted by Crippen LogP contribution is 2.51. The fraction of sp³-hybridized carbons (Fsp3) is 0.355. The van der Waals surface area contributed by atoms with Gasteiger partial charge in [0.2, 0.25) is 5.82 Å². The molecule has 0 saturated carbocycles. The number of ether oxygens (including phenoxy) is 1. The molecule has 1 aliphatic rings. The predicted octanol–water partition coefficient (Wildman–Crippen LogP) is 7.43. The van der Waals surface area contributed by atoms with Gasteiger partial charge in [-0.3, -0.25) is 4.79 Å². The van der Waals surface area contributed by atoms with Gasteiger partial charge in [0.05, 0.1) is 17.7 Å². The number of fused-ring (bicyclic) bond motifs is 1. The Morgan fingerprint density at radius 2 is 1.78 bits per heavy atom. The lowest BCUT2D eigenvalue weighted by molar-refractivity contribution is -0.201. The number of benzene rings is 2. The maximum atomic E-state index is 15.2. The summed E-state index contributed by atoms with van der Waals surface area (Å²) in [5.41, 5.74) is -1.30. The van der Waals surface area contributed by atoms with Gasteiger partial charge in [-0.15, -0.1) is 10.2 Å². The summed E-state index contributed by atoms with van der Waals surface area (Å²) in [6.45, 7) is 6.11. The molecule has 45 heavy (non-hydrogen) atoms. The number of rotatable bonds is 11. The molecule has 1 amide bonds. The van der Waals surface area contributed by atoms with E-state index in [0.29, 0.717) is 41.4 Å². The third kappa shape index (κ3) is 6.45.